The molecule has 1 heterocycles. The van der Waals surface area contributed by atoms with Gasteiger partial charge in [0.25, 0.3) is 0 Å². The van der Waals surface area contributed by atoms with Crippen molar-refractivity contribution in [3.8, 4) is 0 Å². The number of nitrogens with one attached hydrogen (secondary N) is 1. The van der Waals surface area contributed by atoms with Crippen molar-refractivity contribution in [2.24, 2.45) is 0 Å². The highest BCUT2D eigenvalue weighted by molar-refractivity contribution is 7.99. The summed E-state index contributed by atoms with van der Waals surface area (Å²) < 4.78 is 5.42. The smallest absolute Gasteiger partial charge is 0.117 e. The Balaban J connectivity index is 2.06. The third kappa shape index (κ3) is 4.39. The molecule has 74 valence electrons. The van der Waals surface area contributed by atoms with Crippen molar-refractivity contribution in [3.63, 3.8) is 0 Å². The average molecular weight is 199 g/mol. The molecule has 0 unspecified atom stereocenters. The highest BCUT2D eigenvalue weighted by atomic mass is 32.2. The van der Waals surface area contributed by atoms with Crippen molar-refractivity contribution in [2.75, 3.05) is 18.1 Å². The van der Waals surface area contributed by atoms with Crippen molar-refractivity contribution in [1.29, 1.82) is 0 Å². The predicted molar refractivity (Wildman–Crippen MR) is 58.2 cm³/mol. The summed E-state index contributed by atoms with van der Waals surface area (Å²) in [7, 11) is 0. The summed E-state index contributed by atoms with van der Waals surface area (Å²) >= 11 is 1.96. The molecule has 0 aliphatic rings. The zero-order valence-electron chi connectivity index (χ0n) is 8.30. The molecule has 0 bridgehead atoms. The molecule has 13 heavy (non-hydrogen) atoms. The molecule has 0 spiro atoms. The molecular formula is C10H17NOS. The van der Waals surface area contributed by atoms with Crippen LogP contribution in [-0.4, -0.2) is 18.1 Å². The van der Waals surface area contributed by atoms with Gasteiger partial charge in [0.2, 0.25) is 0 Å². The van der Waals surface area contributed by atoms with Gasteiger partial charge in [-0.3, -0.25) is 0 Å². The van der Waals surface area contributed by atoms with E-state index in [-0.39, 0.29) is 0 Å². The lowest BCUT2D eigenvalue weighted by molar-refractivity contribution is 0.466. The first-order valence-electron chi connectivity index (χ1n) is 4.66. The molecule has 2 nitrogen and oxygen atoms in total. The minimum atomic E-state index is 0.845. The summed E-state index contributed by atoms with van der Waals surface area (Å²) in [6.07, 6.45) is 0. The standard InChI is InChI=1S/C10H17NOS/c1-3-13-7-6-11-8-10-5-4-9(2)12-10/h4-5,11H,3,6-8H2,1-2H3. The summed E-state index contributed by atoms with van der Waals surface area (Å²) in [5.41, 5.74) is 0. The van der Waals surface area contributed by atoms with Crippen LogP contribution < -0.4 is 5.32 Å². The molecule has 0 aliphatic carbocycles. The van der Waals surface area contributed by atoms with Crippen LogP contribution in [0.5, 0.6) is 0 Å². The van der Waals surface area contributed by atoms with Crippen molar-refractivity contribution in [3.05, 3.63) is 23.7 Å². The van der Waals surface area contributed by atoms with E-state index in [0.29, 0.717) is 0 Å². The van der Waals surface area contributed by atoms with Crippen molar-refractivity contribution in [1.82, 2.24) is 5.32 Å². The van der Waals surface area contributed by atoms with E-state index in [1.54, 1.807) is 0 Å². The normalized spacial score (nSPS) is 10.6. The van der Waals surface area contributed by atoms with Gasteiger partial charge < -0.3 is 9.73 Å². The van der Waals surface area contributed by atoms with Crippen LogP contribution in [-0.2, 0) is 6.54 Å². The molecule has 1 aromatic rings. The molecule has 0 saturated heterocycles. The Bertz CT molecular complexity index is 235. The van der Waals surface area contributed by atoms with Crippen molar-refractivity contribution < 1.29 is 4.42 Å². The van der Waals surface area contributed by atoms with Crippen molar-refractivity contribution >= 4 is 11.8 Å². The first-order chi connectivity index (χ1) is 6.33. The Hall–Kier alpha value is -0.410. The summed E-state index contributed by atoms with van der Waals surface area (Å²) in [6.45, 7) is 6.05. The maximum atomic E-state index is 5.42. The molecule has 1 aromatic heterocycles. The van der Waals surface area contributed by atoms with E-state index in [2.05, 4.69) is 12.2 Å². The molecule has 1 rings (SSSR count). The number of thioether (sulfide) groups is 1. The third-order valence-corrected chi connectivity index (χ3v) is 2.62. The molecule has 3 heteroatoms. The SMILES string of the molecule is CCSCCNCc1ccc(C)o1. The number of aryl methyl sites for hydroxylation is 1. The van der Waals surface area contributed by atoms with E-state index in [0.717, 1.165) is 24.6 Å². The van der Waals surface area contributed by atoms with Crippen LogP contribution >= 0.6 is 11.8 Å². The molecule has 0 atom stereocenters. The topological polar surface area (TPSA) is 25.2 Å². The molecule has 0 aromatic carbocycles. The van der Waals surface area contributed by atoms with Crippen LogP contribution in [0.1, 0.15) is 18.4 Å². The maximum Gasteiger partial charge on any atom is 0.117 e. The Morgan fingerprint density at radius 2 is 2.31 bits per heavy atom. The number of hydrogen-bond donors (Lipinski definition) is 1. The lowest BCUT2D eigenvalue weighted by atomic mass is 10.4. The number of rotatable bonds is 6. The maximum absolute atomic E-state index is 5.42. The van der Waals surface area contributed by atoms with Gasteiger partial charge in [-0.2, -0.15) is 11.8 Å². The zero-order chi connectivity index (χ0) is 9.52. The molecule has 0 fully saturated rings. The van der Waals surface area contributed by atoms with E-state index >= 15 is 0 Å². The predicted octanol–water partition coefficient (Wildman–Crippen LogP) is 2.43. The Kier molecular flexibility index (Phi) is 5.01. The van der Waals surface area contributed by atoms with Gasteiger partial charge in [0.1, 0.15) is 11.5 Å². The van der Waals surface area contributed by atoms with E-state index < -0.39 is 0 Å². The quantitative estimate of drug-likeness (QED) is 0.712. The lowest BCUT2D eigenvalue weighted by Crippen LogP contribution is -2.16. The first kappa shape index (κ1) is 10.7. The second-order valence-electron chi connectivity index (χ2n) is 2.89. The molecule has 0 radical (unpaired) electrons. The van der Waals surface area contributed by atoms with Crippen LogP contribution in [0.25, 0.3) is 0 Å². The minimum Gasteiger partial charge on any atom is -0.465 e. The van der Waals surface area contributed by atoms with E-state index in [1.165, 1.54) is 11.5 Å². The second-order valence-corrected chi connectivity index (χ2v) is 4.28. The van der Waals surface area contributed by atoms with Gasteiger partial charge in [0.15, 0.2) is 0 Å². The monoisotopic (exact) mass is 199 g/mol. The van der Waals surface area contributed by atoms with E-state index in [4.69, 9.17) is 4.42 Å². The van der Waals surface area contributed by atoms with E-state index in [1.807, 2.05) is 30.8 Å². The van der Waals surface area contributed by atoms with Gasteiger partial charge in [-0.15, -0.1) is 0 Å². The van der Waals surface area contributed by atoms with Crippen LogP contribution in [0.3, 0.4) is 0 Å². The Labute approximate surface area is 84.1 Å². The molecule has 1 N–H and O–H groups in total. The Morgan fingerprint density at radius 1 is 1.46 bits per heavy atom. The van der Waals surface area contributed by atoms with Gasteiger partial charge in [-0.05, 0) is 24.8 Å². The third-order valence-electron chi connectivity index (χ3n) is 1.72. The largest absolute Gasteiger partial charge is 0.465 e. The summed E-state index contributed by atoms with van der Waals surface area (Å²) in [5, 5.41) is 3.34. The fraction of sp³-hybridized carbons (Fsp3) is 0.600. The fourth-order valence-corrected chi connectivity index (χ4v) is 1.66. The number of hydrogen-bond acceptors (Lipinski definition) is 3. The minimum absolute atomic E-state index is 0.845. The van der Waals surface area contributed by atoms with Crippen LogP contribution in [0.4, 0.5) is 0 Å². The highest BCUT2D eigenvalue weighted by Gasteiger charge is 1.96. The van der Waals surface area contributed by atoms with Crippen molar-refractivity contribution in [2.45, 2.75) is 20.4 Å². The van der Waals surface area contributed by atoms with Gasteiger partial charge in [-0.25, -0.2) is 0 Å². The van der Waals surface area contributed by atoms with Crippen LogP contribution in [0.2, 0.25) is 0 Å². The van der Waals surface area contributed by atoms with Gasteiger partial charge in [-0.1, -0.05) is 6.92 Å². The second kappa shape index (κ2) is 6.11. The molecule has 0 amide bonds. The molecule has 0 aliphatic heterocycles. The first-order valence-corrected chi connectivity index (χ1v) is 5.82. The van der Waals surface area contributed by atoms with Gasteiger partial charge >= 0.3 is 0 Å². The molecule has 0 saturated carbocycles. The lowest BCUT2D eigenvalue weighted by Gasteiger charge is -2.00. The summed E-state index contributed by atoms with van der Waals surface area (Å²) in [4.78, 5) is 0. The van der Waals surface area contributed by atoms with Crippen LogP contribution in [0, 0.1) is 6.92 Å². The Morgan fingerprint density at radius 3 is 2.92 bits per heavy atom. The van der Waals surface area contributed by atoms with Gasteiger partial charge in [0, 0.05) is 12.3 Å². The summed E-state index contributed by atoms with van der Waals surface area (Å²) in [5.74, 6) is 4.39. The average Bonchev–Trinajstić information content (AvgIpc) is 2.51. The summed E-state index contributed by atoms with van der Waals surface area (Å²) in [6, 6.07) is 4.02. The zero-order valence-corrected chi connectivity index (χ0v) is 9.12. The van der Waals surface area contributed by atoms with Crippen LogP contribution in [0.15, 0.2) is 16.5 Å². The fourth-order valence-electron chi connectivity index (χ4n) is 1.08. The number of furan rings is 1. The highest BCUT2D eigenvalue weighted by Crippen LogP contribution is 2.05. The molecular weight excluding hydrogens is 182 g/mol. The van der Waals surface area contributed by atoms with Gasteiger partial charge in [0.05, 0.1) is 6.54 Å². The van der Waals surface area contributed by atoms with E-state index in [9.17, 15) is 0 Å².